The Balaban J connectivity index is 2.34. The highest BCUT2D eigenvalue weighted by Gasteiger charge is 2.08. The lowest BCUT2D eigenvalue weighted by atomic mass is 10.2. The molecule has 0 aliphatic carbocycles. The minimum atomic E-state index is 0.639. The van der Waals surface area contributed by atoms with Crippen LogP contribution in [0.2, 0.25) is 0 Å². The van der Waals surface area contributed by atoms with E-state index in [0.29, 0.717) is 5.65 Å². The van der Waals surface area contributed by atoms with Crippen molar-refractivity contribution < 1.29 is 4.84 Å². The Kier molecular flexibility index (Phi) is 1.38. The third-order valence-electron chi connectivity index (χ3n) is 1.95. The second kappa shape index (κ2) is 2.66. The van der Waals surface area contributed by atoms with Crippen LogP contribution in [0.15, 0.2) is 24.7 Å². The molecule has 2 aromatic heterocycles. The van der Waals surface area contributed by atoms with E-state index >= 15 is 0 Å². The smallest absolute Gasteiger partial charge is 0.178 e. The van der Waals surface area contributed by atoms with Gasteiger partial charge < -0.3 is 4.84 Å². The molecule has 0 spiro atoms. The Hall–Kier alpha value is -2.17. The molecule has 0 radical (unpaired) electrons. The van der Waals surface area contributed by atoms with E-state index in [1.165, 1.54) is 6.26 Å². The van der Waals surface area contributed by atoms with Crippen molar-refractivity contribution in [3.05, 3.63) is 30.4 Å². The molecule has 0 unspecified atom stereocenters. The van der Waals surface area contributed by atoms with Gasteiger partial charge >= 0.3 is 0 Å². The van der Waals surface area contributed by atoms with Gasteiger partial charge in [-0.15, -0.1) is 0 Å². The van der Waals surface area contributed by atoms with Gasteiger partial charge in [0.2, 0.25) is 0 Å². The summed E-state index contributed by atoms with van der Waals surface area (Å²) in [7, 11) is 0. The Morgan fingerprint density at radius 3 is 3.14 bits per heavy atom. The van der Waals surface area contributed by atoms with Crippen LogP contribution in [0.1, 0.15) is 5.69 Å². The summed E-state index contributed by atoms with van der Waals surface area (Å²) in [4.78, 5) is 17.5. The molecule has 0 saturated carbocycles. The van der Waals surface area contributed by atoms with Crippen LogP contribution in [0.3, 0.4) is 0 Å². The number of pyridine rings is 1. The van der Waals surface area contributed by atoms with E-state index < -0.39 is 0 Å². The van der Waals surface area contributed by atoms with E-state index in [1.54, 1.807) is 18.5 Å². The number of aromatic nitrogens is 3. The van der Waals surface area contributed by atoms with Crippen LogP contribution in [-0.4, -0.2) is 15.0 Å². The van der Waals surface area contributed by atoms with Crippen molar-refractivity contribution in [2.75, 3.05) is 5.48 Å². The third-order valence-corrected chi connectivity index (χ3v) is 1.95. The zero-order valence-corrected chi connectivity index (χ0v) is 7.14. The van der Waals surface area contributed by atoms with E-state index in [0.717, 1.165) is 16.9 Å². The molecular formula is C9H6N4O. The summed E-state index contributed by atoms with van der Waals surface area (Å²) < 4.78 is 0. The first-order chi connectivity index (χ1) is 6.93. The number of nitrogens with one attached hydrogen (secondary N) is 1. The van der Waals surface area contributed by atoms with Crippen LogP contribution in [0, 0.1) is 0 Å². The predicted molar refractivity (Wildman–Crippen MR) is 51.1 cm³/mol. The number of anilines is 1. The summed E-state index contributed by atoms with van der Waals surface area (Å²) in [6.07, 6.45) is 6.58. The molecule has 1 N–H and O–H groups in total. The van der Waals surface area contributed by atoms with Gasteiger partial charge in [-0.3, -0.25) is 4.98 Å². The minimum absolute atomic E-state index is 0.639. The van der Waals surface area contributed by atoms with Gasteiger partial charge in [0, 0.05) is 18.5 Å². The van der Waals surface area contributed by atoms with Crippen molar-refractivity contribution >= 4 is 22.9 Å². The summed E-state index contributed by atoms with van der Waals surface area (Å²) >= 11 is 0. The van der Waals surface area contributed by atoms with Gasteiger partial charge in [-0.2, -0.15) is 0 Å². The first-order valence-corrected chi connectivity index (χ1v) is 4.13. The van der Waals surface area contributed by atoms with Crippen LogP contribution < -0.4 is 5.48 Å². The fraction of sp³-hybridized carbons (Fsp3) is 0. The van der Waals surface area contributed by atoms with Crippen molar-refractivity contribution in [1.82, 2.24) is 15.0 Å². The highest BCUT2D eigenvalue weighted by molar-refractivity contribution is 5.79. The minimum Gasteiger partial charge on any atom is -0.390 e. The highest BCUT2D eigenvalue weighted by Crippen LogP contribution is 2.21. The average molecular weight is 186 g/mol. The van der Waals surface area contributed by atoms with E-state index in [4.69, 9.17) is 4.84 Å². The third kappa shape index (κ3) is 0.990. The fourth-order valence-corrected chi connectivity index (χ4v) is 1.32. The molecule has 14 heavy (non-hydrogen) atoms. The standard InChI is InChI=1S/C9H6N4O/c1-4-14-13-7-5-8-9(12-6(1)7)11-3-2-10-8/h1-5,13H. The lowest BCUT2D eigenvalue weighted by molar-refractivity contribution is 0.329. The summed E-state index contributed by atoms with van der Waals surface area (Å²) in [6.45, 7) is 0. The van der Waals surface area contributed by atoms with Gasteiger partial charge in [0.1, 0.15) is 11.8 Å². The van der Waals surface area contributed by atoms with Gasteiger partial charge in [0.25, 0.3) is 0 Å². The molecule has 2 aromatic rings. The van der Waals surface area contributed by atoms with Gasteiger partial charge in [-0.25, -0.2) is 15.4 Å². The topological polar surface area (TPSA) is 59.9 Å². The number of nitrogens with zero attached hydrogens (tertiary/aromatic N) is 3. The summed E-state index contributed by atoms with van der Waals surface area (Å²) in [5.74, 6) is 0. The second-order valence-electron chi connectivity index (χ2n) is 2.84. The molecule has 0 atom stereocenters. The lowest BCUT2D eigenvalue weighted by Gasteiger charge is -2.11. The average Bonchev–Trinajstić information content (AvgIpc) is 2.26. The Morgan fingerprint density at radius 1 is 1.21 bits per heavy atom. The first-order valence-electron chi connectivity index (χ1n) is 4.13. The van der Waals surface area contributed by atoms with Gasteiger partial charge in [0.15, 0.2) is 5.65 Å². The number of fused-ring (bicyclic) bond motifs is 2. The molecule has 0 saturated heterocycles. The van der Waals surface area contributed by atoms with Crippen LogP contribution in [-0.2, 0) is 4.84 Å². The molecule has 1 aliphatic heterocycles. The van der Waals surface area contributed by atoms with Crippen molar-refractivity contribution in [1.29, 1.82) is 0 Å². The molecule has 0 aromatic carbocycles. The largest absolute Gasteiger partial charge is 0.390 e. The predicted octanol–water partition coefficient (Wildman–Crippen LogP) is 1.35. The molecule has 1 aliphatic rings. The number of rotatable bonds is 0. The Morgan fingerprint density at radius 2 is 2.14 bits per heavy atom. The quantitative estimate of drug-likeness (QED) is 0.673. The maximum atomic E-state index is 4.93. The normalized spacial score (nSPS) is 13.1. The van der Waals surface area contributed by atoms with Gasteiger partial charge in [0.05, 0.1) is 11.4 Å². The molecular weight excluding hydrogens is 180 g/mol. The van der Waals surface area contributed by atoms with Crippen molar-refractivity contribution in [3.63, 3.8) is 0 Å². The zero-order valence-electron chi connectivity index (χ0n) is 7.14. The van der Waals surface area contributed by atoms with Crippen molar-refractivity contribution in [3.8, 4) is 0 Å². The van der Waals surface area contributed by atoms with E-state index in [2.05, 4.69) is 20.4 Å². The molecule has 3 rings (SSSR count). The summed E-state index contributed by atoms with van der Waals surface area (Å²) in [6, 6.07) is 1.86. The zero-order chi connectivity index (χ0) is 9.38. The van der Waals surface area contributed by atoms with E-state index in [1.807, 2.05) is 6.07 Å². The lowest BCUT2D eigenvalue weighted by Crippen LogP contribution is -2.04. The summed E-state index contributed by atoms with van der Waals surface area (Å²) in [5.41, 5.74) is 5.74. The molecule has 0 amide bonds. The van der Waals surface area contributed by atoms with E-state index in [-0.39, 0.29) is 0 Å². The highest BCUT2D eigenvalue weighted by atomic mass is 16.6. The number of hydrogen-bond acceptors (Lipinski definition) is 5. The van der Waals surface area contributed by atoms with Crippen LogP contribution in [0.4, 0.5) is 5.69 Å². The maximum absolute atomic E-state index is 4.93. The number of hydrogen-bond donors (Lipinski definition) is 1. The monoisotopic (exact) mass is 186 g/mol. The maximum Gasteiger partial charge on any atom is 0.178 e. The molecule has 3 heterocycles. The molecule has 0 fully saturated rings. The SMILES string of the molecule is C1=Cc2nc3nccnc3cc2NO1. The Bertz CT molecular complexity index is 523. The Labute approximate surface area is 79.4 Å². The second-order valence-corrected chi connectivity index (χ2v) is 2.84. The fourth-order valence-electron chi connectivity index (χ4n) is 1.32. The molecule has 5 heteroatoms. The van der Waals surface area contributed by atoms with E-state index in [9.17, 15) is 0 Å². The summed E-state index contributed by atoms with van der Waals surface area (Å²) in [5, 5.41) is 0. The van der Waals surface area contributed by atoms with Crippen LogP contribution >= 0.6 is 0 Å². The first kappa shape index (κ1) is 7.25. The molecule has 0 bridgehead atoms. The van der Waals surface area contributed by atoms with Gasteiger partial charge in [-0.05, 0) is 6.07 Å². The molecule has 68 valence electrons. The van der Waals surface area contributed by atoms with Crippen LogP contribution in [0.25, 0.3) is 17.2 Å². The van der Waals surface area contributed by atoms with Crippen molar-refractivity contribution in [2.45, 2.75) is 0 Å². The molecule has 5 nitrogen and oxygen atoms in total. The van der Waals surface area contributed by atoms with Gasteiger partial charge in [-0.1, -0.05) is 0 Å². The van der Waals surface area contributed by atoms with Crippen LogP contribution in [0.5, 0.6) is 0 Å². The van der Waals surface area contributed by atoms with Crippen molar-refractivity contribution in [2.24, 2.45) is 0 Å².